The molecule has 0 aromatic heterocycles. The molecule has 1 unspecified atom stereocenters. The molecule has 0 bridgehead atoms. The van der Waals surface area contributed by atoms with Crippen LogP contribution >= 0.6 is 0 Å². The number of carbonyl (C=O) groups excluding carboxylic acids is 2. The molecule has 3 atom stereocenters. The minimum atomic E-state index is -0.945. The van der Waals surface area contributed by atoms with E-state index in [1.165, 1.54) is 7.11 Å². The van der Waals surface area contributed by atoms with Crippen LogP contribution in [0.4, 0.5) is 0 Å². The number of hydrogen-bond donors (Lipinski definition) is 1. The largest absolute Gasteiger partial charge is 0.469 e. The Hall–Kier alpha value is -1.60. The van der Waals surface area contributed by atoms with Gasteiger partial charge < -0.3 is 9.84 Å². The number of hydrogen-bond acceptors (Lipinski definition) is 4. The first kappa shape index (κ1) is 24.4. The predicted molar refractivity (Wildman–Crippen MR) is 113 cm³/mol. The third-order valence-electron chi connectivity index (χ3n) is 5.67. The Kier molecular flexibility index (Phi) is 11.8. The average molecular weight is 391 g/mol. The second-order valence-corrected chi connectivity index (χ2v) is 7.95. The molecule has 0 aromatic carbocycles. The van der Waals surface area contributed by atoms with Gasteiger partial charge in [0.05, 0.1) is 7.11 Å². The van der Waals surface area contributed by atoms with Gasteiger partial charge in [0.1, 0.15) is 11.4 Å². The molecular formula is C24H38O4. The first-order chi connectivity index (χ1) is 13.5. The van der Waals surface area contributed by atoms with E-state index in [0.29, 0.717) is 31.5 Å². The van der Waals surface area contributed by atoms with Gasteiger partial charge in [0.25, 0.3) is 0 Å². The Morgan fingerprint density at radius 3 is 2.71 bits per heavy atom. The second-order valence-electron chi connectivity index (χ2n) is 7.95. The first-order valence-corrected chi connectivity index (χ1v) is 10.9. The van der Waals surface area contributed by atoms with Gasteiger partial charge in [-0.05, 0) is 44.9 Å². The van der Waals surface area contributed by atoms with Crippen molar-refractivity contribution in [3.63, 3.8) is 0 Å². The number of unbranched alkanes of at least 4 members (excludes halogenated alkanes) is 4. The maximum Gasteiger partial charge on any atom is 0.305 e. The molecular weight excluding hydrogens is 352 g/mol. The van der Waals surface area contributed by atoms with E-state index in [1.807, 2.05) is 6.08 Å². The van der Waals surface area contributed by atoms with Crippen molar-refractivity contribution in [3.8, 4) is 11.8 Å². The Balaban J connectivity index is 2.44. The normalized spacial score (nSPS) is 21.4. The van der Waals surface area contributed by atoms with E-state index in [0.717, 1.165) is 51.4 Å². The summed E-state index contributed by atoms with van der Waals surface area (Å²) in [6.45, 7) is 3.87. The van der Waals surface area contributed by atoms with Gasteiger partial charge >= 0.3 is 5.97 Å². The van der Waals surface area contributed by atoms with Crippen molar-refractivity contribution in [2.24, 2.45) is 11.8 Å². The van der Waals surface area contributed by atoms with Crippen molar-refractivity contribution in [2.75, 3.05) is 7.11 Å². The average Bonchev–Trinajstić information content (AvgIpc) is 3.02. The van der Waals surface area contributed by atoms with Crippen LogP contribution < -0.4 is 0 Å². The third-order valence-corrected chi connectivity index (χ3v) is 5.67. The Morgan fingerprint density at radius 1 is 1.29 bits per heavy atom. The van der Waals surface area contributed by atoms with Crippen LogP contribution in [0.15, 0.2) is 12.2 Å². The zero-order valence-electron chi connectivity index (χ0n) is 18.0. The summed E-state index contributed by atoms with van der Waals surface area (Å²) in [7, 11) is 1.42. The summed E-state index contributed by atoms with van der Waals surface area (Å²) in [6.07, 6.45) is 14.3. The fraction of sp³-hybridized carbons (Fsp3) is 0.750. The number of aliphatic hydroxyl groups is 1. The maximum absolute atomic E-state index is 12.3. The molecule has 158 valence electrons. The number of methoxy groups -OCH3 is 1. The molecule has 1 rings (SSSR count). The fourth-order valence-electron chi connectivity index (χ4n) is 3.98. The summed E-state index contributed by atoms with van der Waals surface area (Å²) in [4.78, 5) is 23.4. The van der Waals surface area contributed by atoms with Gasteiger partial charge in [-0.2, -0.15) is 0 Å². The van der Waals surface area contributed by atoms with Crippen LogP contribution in [-0.4, -0.2) is 29.6 Å². The van der Waals surface area contributed by atoms with Gasteiger partial charge in [-0.15, -0.1) is 5.92 Å². The minimum Gasteiger partial charge on any atom is -0.469 e. The van der Waals surface area contributed by atoms with E-state index in [4.69, 9.17) is 0 Å². The Morgan fingerprint density at radius 2 is 2.04 bits per heavy atom. The van der Waals surface area contributed by atoms with Crippen molar-refractivity contribution in [3.05, 3.63) is 12.2 Å². The summed E-state index contributed by atoms with van der Waals surface area (Å²) in [5.74, 6) is 6.43. The lowest BCUT2D eigenvalue weighted by Gasteiger charge is -2.21. The maximum atomic E-state index is 12.3. The smallest absolute Gasteiger partial charge is 0.305 e. The van der Waals surface area contributed by atoms with E-state index < -0.39 is 5.60 Å². The number of allylic oxidation sites excluding steroid dienone is 1. The molecule has 1 aliphatic carbocycles. The monoisotopic (exact) mass is 390 g/mol. The molecule has 0 heterocycles. The number of ketones is 1. The van der Waals surface area contributed by atoms with E-state index >= 15 is 0 Å². The standard InChI is InChI=1S/C24H38O4/c1-4-6-18-24(27,17-5-2)19-11-12-20-15-16-22(25)21(20)13-9-7-8-10-14-23(26)28-3/h11-12,20-21,27H,4,6-10,13-16,18-19H2,1-3H3/t20-,21+,24?/m0/s1. The lowest BCUT2D eigenvalue weighted by molar-refractivity contribution is -0.140. The van der Waals surface area contributed by atoms with Crippen molar-refractivity contribution in [1.82, 2.24) is 0 Å². The van der Waals surface area contributed by atoms with E-state index in [9.17, 15) is 14.7 Å². The summed E-state index contributed by atoms with van der Waals surface area (Å²) in [6, 6.07) is 0. The van der Waals surface area contributed by atoms with Crippen LogP contribution in [0.3, 0.4) is 0 Å². The molecule has 0 spiro atoms. The quantitative estimate of drug-likeness (QED) is 0.208. The summed E-state index contributed by atoms with van der Waals surface area (Å²) < 4.78 is 4.65. The summed E-state index contributed by atoms with van der Waals surface area (Å²) in [5, 5.41) is 10.7. The highest BCUT2D eigenvalue weighted by molar-refractivity contribution is 5.83. The second kappa shape index (κ2) is 13.6. The number of esters is 1. The van der Waals surface area contributed by atoms with Gasteiger partial charge in [0, 0.05) is 25.2 Å². The molecule has 1 N–H and O–H groups in total. The molecule has 1 aliphatic rings. The van der Waals surface area contributed by atoms with Gasteiger partial charge in [-0.25, -0.2) is 0 Å². The minimum absolute atomic E-state index is 0.109. The number of carbonyl (C=O) groups is 2. The van der Waals surface area contributed by atoms with Crippen molar-refractivity contribution >= 4 is 11.8 Å². The summed E-state index contributed by atoms with van der Waals surface area (Å²) in [5.41, 5.74) is -0.945. The van der Waals surface area contributed by atoms with Crippen LogP contribution in [0.1, 0.15) is 90.9 Å². The van der Waals surface area contributed by atoms with Crippen molar-refractivity contribution < 1.29 is 19.4 Å². The fourth-order valence-corrected chi connectivity index (χ4v) is 3.98. The molecule has 4 nitrogen and oxygen atoms in total. The molecule has 28 heavy (non-hydrogen) atoms. The zero-order valence-corrected chi connectivity index (χ0v) is 18.0. The van der Waals surface area contributed by atoms with Gasteiger partial charge in [0.2, 0.25) is 0 Å². The van der Waals surface area contributed by atoms with Crippen molar-refractivity contribution in [2.45, 2.75) is 96.5 Å². The highest BCUT2D eigenvalue weighted by atomic mass is 16.5. The van der Waals surface area contributed by atoms with Gasteiger partial charge in [0.15, 0.2) is 0 Å². The van der Waals surface area contributed by atoms with E-state index in [1.54, 1.807) is 6.92 Å². The SMILES string of the molecule is CC#CC(O)(CC=C[C@H]1CCC(=O)[C@@H]1CCCCCCC(=O)OC)CCCC. The zero-order chi connectivity index (χ0) is 20.8. The number of ether oxygens (including phenoxy) is 1. The van der Waals surface area contributed by atoms with E-state index in [-0.39, 0.29) is 17.8 Å². The molecule has 4 heteroatoms. The number of Topliss-reactive ketones (excluding diaryl/α,β-unsaturated/α-hetero) is 1. The van der Waals surface area contributed by atoms with Crippen LogP contribution in [0.2, 0.25) is 0 Å². The molecule has 1 fully saturated rings. The predicted octanol–water partition coefficient (Wildman–Crippen LogP) is 4.99. The topological polar surface area (TPSA) is 63.6 Å². The molecule has 0 amide bonds. The Bertz CT molecular complexity index is 569. The van der Waals surface area contributed by atoms with Crippen molar-refractivity contribution in [1.29, 1.82) is 0 Å². The van der Waals surface area contributed by atoms with Crippen LogP contribution in [0, 0.1) is 23.7 Å². The third kappa shape index (κ3) is 9.06. The molecule has 1 saturated carbocycles. The van der Waals surface area contributed by atoms with Crippen LogP contribution in [0.25, 0.3) is 0 Å². The van der Waals surface area contributed by atoms with Gasteiger partial charge in [-0.1, -0.05) is 50.7 Å². The van der Waals surface area contributed by atoms with Crippen LogP contribution in [0.5, 0.6) is 0 Å². The van der Waals surface area contributed by atoms with Gasteiger partial charge in [-0.3, -0.25) is 9.59 Å². The lowest BCUT2D eigenvalue weighted by atomic mass is 9.88. The molecule has 0 aliphatic heterocycles. The highest BCUT2D eigenvalue weighted by Gasteiger charge is 2.32. The summed E-state index contributed by atoms with van der Waals surface area (Å²) >= 11 is 0. The molecule has 0 radical (unpaired) electrons. The molecule has 0 saturated heterocycles. The van der Waals surface area contributed by atoms with E-state index in [2.05, 4.69) is 29.6 Å². The highest BCUT2D eigenvalue weighted by Crippen LogP contribution is 2.34. The van der Waals surface area contributed by atoms with Crippen LogP contribution in [-0.2, 0) is 14.3 Å². The lowest BCUT2D eigenvalue weighted by Crippen LogP contribution is -2.25. The molecule has 0 aromatic rings. The first-order valence-electron chi connectivity index (χ1n) is 10.9. The number of rotatable bonds is 13. The Labute approximate surface area is 171 Å².